The number of imidazole rings is 1. The molecule has 0 aliphatic rings. The van der Waals surface area contributed by atoms with E-state index in [0.29, 0.717) is 30.1 Å². The third kappa shape index (κ3) is 6.14. The maximum atomic E-state index is 15.0. The Kier molecular flexibility index (Phi) is 7.39. The van der Waals surface area contributed by atoms with E-state index in [1.165, 1.54) is 12.1 Å². The van der Waals surface area contributed by atoms with Crippen LogP contribution in [0.15, 0.2) is 88.6 Å². The zero-order valence-electron chi connectivity index (χ0n) is 23.2. The van der Waals surface area contributed by atoms with Crippen molar-refractivity contribution >= 4 is 38.5 Å². The smallest absolute Gasteiger partial charge is 0.328 e. The first kappa shape index (κ1) is 28.0. The predicted molar refractivity (Wildman–Crippen MR) is 159 cm³/mol. The number of aromatic nitrogens is 4. The molecule has 2 N–H and O–H groups in total. The summed E-state index contributed by atoms with van der Waals surface area (Å²) in [6.45, 7) is 6.63. The van der Waals surface area contributed by atoms with Crippen molar-refractivity contribution in [3.05, 3.63) is 106 Å². The van der Waals surface area contributed by atoms with E-state index in [-0.39, 0.29) is 22.2 Å². The predicted octanol–water partition coefficient (Wildman–Crippen LogP) is 5.37. The van der Waals surface area contributed by atoms with Gasteiger partial charge in [-0.25, -0.2) is 17.6 Å². The van der Waals surface area contributed by atoms with Gasteiger partial charge in [-0.1, -0.05) is 60.7 Å². The maximum absolute atomic E-state index is 15.0. The van der Waals surface area contributed by atoms with Crippen molar-refractivity contribution in [1.29, 1.82) is 0 Å². The van der Waals surface area contributed by atoms with Gasteiger partial charge < -0.3 is 15.2 Å². The molecule has 41 heavy (non-hydrogen) atoms. The van der Waals surface area contributed by atoms with Gasteiger partial charge in [0, 0.05) is 24.9 Å². The minimum atomic E-state index is -3.59. The molecule has 0 aliphatic carbocycles. The van der Waals surface area contributed by atoms with E-state index >= 15 is 4.39 Å². The molecule has 0 spiro atoms. The summed E-state index contributed by atoms with van der Waals surface area (Å²) < 4.78 is 40.4. The number of anilines is 3. The first-order chi connectivity index (χ1) is 19.4. The first-order valence-electron chi connectivity index (χ1n) is 13.0. The van der Waals surface area contributed by atoms with Crippen molar-refractivity contribution in [3.8, 4) is 0 Å². The van der Waals surface area contributed by atoms with E-state index in [0.717, 1.165) is 23.4 Å². The normalized spacial score (nSPS) is 12.0. The number of fused-ring (bicyclic) bond motifs is 1. The maximum Gasteiger partial charge on any atom is 0.328 e. The van der Waals surface area contributed by atoms with E-state index in [1.54, 1.807) is 4.57 Å². The highest BCUT2D eigenvalue weighted by Crippen LogP contribution is 2.30. The molecule has 212 valence electrons. The second kappa shape index (κ2) is 10.8. The second-order valence-corrected chi connectivity index (χ2v) is 12.9. The van der Waals surface area contributed by atoms with Crippen molar-refractivity contribution in [3.63, 3.8) is 0 Å². The van der Waals surface area contributed by atoms with Crippen LogP contribution >= 0.6 is 0 Å². The summed E-state index contributed by atoms with van der Waals surface area (Å²) in [6, 6.07) is 23.4. The lowest BCUT2D eigenvalue weighted by atomic mass is 10.1. The van der Waals surface area contributed by atoms with Crippen LogP contribution in [-0.4, -0.2) is 34.2 Å². The van der Waals surface area contributed by atoms with Crippen LogP contribution in [0.3, 0.4) is 0 Å². The minimum absolute atomic E-state index is 0.000519. The van der Waals surface area contributed by atoms with Crippen LogP contribution in [0.5, 0.6) is 0 Å². The summed E-state index contributed by atoms with van der Waals surface area (Å²) in [4.78, 5) is 27.5. The van der Waals surface area contributed by atoms with Gasteiger partial charge in [-0.15, -0.1) is 0 Å². The SMILES string of the molecule is CC(C)(C)n1c(=O)[nH]c2c(N(Cc3ccccc3)Cc3ccccc3)nc(Nc3ccc(S(C)(=O)=O)cc3F)nc21. The van der Waals surface area contributed by atoms with Crippen molar-refractivity contribution in [1.82, 2.24) is 19.5 Å². The molecule has 2 heterocycles. The Morgan fingerprint density at radius 3 is 2.02 bits per heavy atom. The van der Waals surface area contributed by atoms with Crippen LogP contribution in [0.25, 0.3) is 11.2 Å². The fourth-order valence-electron chi connectivity index (χ4n) is 4.64. The topological polar surface area (TPSA) is 113 Å². The number of hydrogen-bond acceptors (Lipinski definition) is 7. The summed E-state index contributed by atoms with van der Waals surface area (Å²) in [6.07, 6.45) is 1.02. The molecule has 5 aromatic rings. The van der Waals surface area contributed by atoms with Gasteiger partial charge in [0.1, 0.15) is 11.3 Å². The Bertz CT molecular complexity index is 1820. The molecule has 0 saturated heterocycles. The van der Waals surface area contributed by atoms with Gasteiger partial charge in [0.05, 0.1) is 10.6 Å². The number of nitrogens with one attached hydrogen (secondary N) is 2. The Hall–Kier alpha value is -4.51. The van der Waals surface area contributed by atoms with Crippen LogP contribution in [-0.2, 0) is 28.5 Å². The van der Waals surface area contributed by atoms with Gasteiger partial charge in [0.2, 0.25) is 5.95 Å². The molecule has 0 saturated carbocycles. The first-order valence-corrected chi connectivity index (χ1v) is 14.9. The molecular formula is C30H31FN6O3S. The van der Waals surface area contributed by atoms with Crippen molar-refractivity contribution in [2.75, 3.05) is 16.5 Å². The Morgan fingerprint density at radius 2 is 1.51 bits per heavy atom. The van der Waals surface area contributed by atoms with E-state index in [4.69, 9.17) is 4.98 Å². The van der Waals surface area contributed by atoms with Crippen LogP contribution in [0.2, 0.25) is 0 Å². The fraction of sp³-hybridized carbons (Fsp3) is 0.233. The molecule has 0 unspecified atom stereocenters. The molecule has 0 aliphatic heterocycles. The standard InChI is InChI=1S/C30H31FN6O3S/c1-30(2,3)37-27-25(33-29(37)38)26(34-28(35-27)32-24-16-15-22(17-23(24)31)41(4,39)40)36(18-20-11-7-5-8-12-20)19-21-13-9-6-10-14-21/h5-17H,18-19H2,1-4H3,(H,33,38)(H,32,34,35). The molecule has 0 amide bonds. The monoisotopic (exact) mass is 574 g/mol. The number of aromatic amines is 1. The number of H-pyrrole nitrogens is 1. The number of sulfone groups is 1. The third-order valence-corrected chi connectivity index (χ3v) is 7.65. The Labute approximate surface area is 237 Å². The van der Waals surface area contributed by atoms with Gasteiger partial charge in [-0.2, -0.15) is 9.97 Å². The molecule has 0 atom stereocenters. The average molecular weight is 575 g/mol. The highest BCUT2D eigenvalue weighted by Gasteiger charge is 2.26. The van der Waals surface area contributed by atoms with Gasteiger partial charge in [0.25, 0.3) is 0 Å². The van der Waals surface area contributed by atoms with E-state index in [1.807, 2.05) is 86.3 Å². The Morgan fingerprint density at radius 1 is 0.927 bits per heavy atom. The quantitative estimate of drug-likeness (QED) is 0.256. The highest BCUT2D eigenvalue weighted by atomic mass is 32.2. The second-order valence-electron chi connectivity index (χ2n) is 10.9. The molecule has 2 aromatic heterocycles. The van der Waals surface area contributed by atoms with E-state index < -0.39 is 21.2 Å². The van der Waals surface area contributed by atoms with Gasteiger partial charge >= 0.3 is 5.69 Å². The van der Waals surface area contributed by atoms with E-state index in [2.05, 4.69) is 15.3 Å². The number of nitrogens with zero attached hydrogens (tertiary/aromatic N) is 4. The van der Waals surface area contributed by atoms with Crippen molar-refractivity contribution in [2.45, 2.75) is 44.3 Å². The molecule has 0 bridgehead atoms. The third-order valence-electron chi connectivity index (χ3n) is 6.54. The number of halogens is 1. The number of hydrogen-bond donors (Lipinski definition) is 2. The van der Waals surface area contributed by atoms with Crippen LogP contribution in [0.1, 0.15) is 31.9 Å². The summed E-state index contributed by atoms with van der Waals surface area (Å²) in [5.74, 6) is -0.258. The summed E-state index contributed by atoms with van der Waals surface area (Å²) in [5, 5.41) is 2.91. The lowest BCUT2D eigenvalue weighted by molar-refractivity contribution is 0.395. The zero-order chi connectivity index (χ0) is 29.4. The average Bonchev–Trinajstić information content (AvgIpc) is 3.26. The lowest BCUT2D eigenvalue weighted by Crippen LogP contribution is -2.32. The summed E-state index contributed by atoms with van der Waals surface area (Å²) >= 11 is 0. The molecule has 0 radical (unpaired) electrons. The molecule has 5 rings (SSSR count). The number of rotatable bonds is 8. The largest absolute Gasteiger partial charge is 0.346 e. The molecular weight excluding hydrogens is 543 g/mol. The summed E-state index contributed by atoms with van der Waals surface area (Å²) in [5.41, 5.74) is 1.91. The minimum Gasteiger partial charge on any atom is -0.346 e. The van der Waals surface area contributed by atoms with Crippen molar-refractivity contribution in [2.24, 2.45) is 0 Å². The lowest BCUT2D eigenvalue weighted by Gasteiger charge is -2.26. The van der Waals surface area contributed by atoms with E-state index in [9.17, 15) is 13.2 Å². The van der Waals surface area contributed by atoms with Crippen LogP contribution < -0.4 is 15.9 Å². The van der Waals surface area contributed by atoms with Gasteiger partial charge in [0.15, 0.2) is 21.3 Å². The summed E-state index contributed by atoms with van der Waals surface area (Å²) in [7, 11) is -3.59. The zero-order valence-corrected chi connectivity index (χ0v) is 24.0. The van der Waals surface area contributed by atoms with Gasteiger partial charge in [-0.3, -0.25) is 4.57 Å². The van der Waals surface area contributed by atoms with Gasteiger partial charge in [-0.05, 0) is 50.1 Å². The number of benzene rings is 3. The fourth-order valence-corrected chi connectivity index (χ4v) is 5.27. The Balaban J connectivity index is 1.69. The highest BCUT2D eigenvalue weighted by molar-refractivity contribution is 7.90. The molecule has 11 heteroatoms. The van der Waals surface area contributed by atoms with Crippen LogP contribution in [0, 0.1) is 5.82 Å². The van der Waals surface area contributed by atoms with Crippen molar-refractivity contribution < 1.29 is 12.8 Å². The molecule has 0 fully saturated rings. The van der Waals surface area contributed by atoms with Crippen LogP contribution in [0.4, 0.5) is 21.8 Å². The molecule has 9 nitrogen and oxygen atoms in total. The molecule has 3 aromatic carbocycles.